The van der Waals surface area contributed by atoms with Crippen molar-refractivity contribution in [3.05, 3.63) is 12.5 Å². The van der Waals surface area contributed by atoms with E-state index in [9.17, 15) is 4.79 Å². The Morgan fingerprint density at radius 3 is 3.00 bits per heavy atom. The number of hydrogen-bond acceptors (Lipinski definition) is 5. The van der Waals surface area contributed by atoms with E-state index in [1.54, 1.807) is 24.9 Å². The molecule has 17 heavy (non-hydrogen) atoms. The molecular formula is C10H13N5O2. The predicted molar refractivity (Wildman–Crippen MR) is 61.6 cm³/mol. The van der Waals surface area contributed by atoms with Crippen LogP contribution in [-0.2, 0) is 11.8 Å². The van der Waals surface area contributed by atoms with E-state index >= 15 is 0 Å². The summed E-state index contributed by atoms with van der Waals surface area (Å²) in [4.78, 5) is 19.1. The zero-order valence-electron chi connectivity index (χ0n) is 9.58. The van der Waals surface area contributed by atoms with Crippen molar-refractivity contribution in [1.29, 1.82) is 0 Å². The van der Waals surface area contributed by atoms with Crippen molar-refractivity contribution in [2.45, 2.75) is 19.4 Å². The van der Waals surface area contributed by atoms with Gasteiger partial charge in [-0.15, -0.1) is 0 Å². The number of aromatic nitrogens is 4. The summed E-state index contributed by atoms with van der Waals surface area (Å²) in [7, 11) is 1.77. The normalized spacial score (nSPS) is 12.6. The Hall–Kier alpha value is -2.18. The maximum absolute atomic E-state index is 10.9. The molecular weight excluding hydrogens is 222 g/mol. The minimum Gasteiger partial charge on any atom is -0.480 e. The van der Waals surface area contributed by atoms with Crippen molar-refractivity contribution in [1.82, 2.24) is 19.7 Å². The van der Waals surface area contributed by atoms with Crippen molar-refractivity contribution in [3.8, 4) is 0 Å². The largest absolute Gasteiger partial charge is 0.480 e. The van der Waals surface area contributed by atoms with Gasteiger partial charge in [-0.25, -0.2) is 14.8 Å². The van der Waals surface area contributed by atoms with Crippen molar-refractivity contribution < 1.29 is 9.90 Å². The molecule has 2 rings (SSSR count). The van der Waals surface area contributed by atoms with E-state index in [0.717, 1.165) is 5.39 Å². The Morgan fingerprint density at radius 2 is 2.35 bits per heavy atom. The van der Waals surface area contributed by atoms with Crippen molar-refractivity contribution in [2.75, 3.05) is 5.32 Å². The van der Waals surface area contributed by atoms with Gasteiger partial charge in [-0.05, 0) is 6.42 Å². The zero-order valence-corrected chi connectivity index (χ0v) is 9.58. The monoisotopic (exact) mass is 235 g/mol. The Labute approximate surface area is 97.5 Å². The Morgan fingerprint density at radius 1 is 1.59 bits per heavy atom. The highest BCUT2D eigenvalue weighted by Gasteiger charge is 2.17. The molecule has 1 atom stereocenters. The number of aryl methyl sites for hydroxylation is 1. The summed E-state index contributed by atoms with van der Waals surface area (Å²) in [5.74, 6) is -0.402. The van der Waals surface area contributed by atoms with Gasteiger partial charge in [0.05, 0.1) is 11.6 Å². The molecule has 1 unspecified atom stereocenters. The smallest absolute Gasteiger partial charge is 0.326 e. The SMILES string of the molecule is CCC(Nc1ncnc2c1cnn2C)C(=O)O. The molecule has 0 aromatic carbocycles. The minimum absolute atomic E-state index is 0.473. The average molecular weight is 235 g/mol. The third kappa shape index (κ3) is 2.03. The number of aliphatic carboxylic acids is 1. The number of carboxylic acids is 1. The number of nitrogens with one attached hydrogen (secondary N) is 1. The van der Waals surface area contributed by atoms with Gasteiger partial charge in [-0.2, -0.15) is 5.10 Å². The number of carboxylic acid groups (broad SMARTS) is 1. The molecule has 0 bridgehead atoms. The lowest BCUT2D eigenvalue weighted by Crippen LogP contribution is -2.28. The second-order valence-corrected chi connectivity index (χ2v) is 3.67. The van der Waals surface area contributed by atoms with Crippen molar-refractivity contribution in [2.24, 2.45) is 7.05 Å². The lowest BCUT2D eigenvalue weighted by Gasteiger charge is -2.12. The fraction of sp³-hybridized carbons (Fsp3) is 0.400. The van der Waals surface area contributed by atoms with Crippen LogP contribution in [0.15, 0.2) is 12.5 Å². The summed E-state index contributed by atoms with van der Waals surface area (Å²) >= 11 is 0. The van der Waals surface area contributed by atoms with Gasteiger partial charge in [-0.3, -0.25) is 4.68 Å². The molecule has 2 heterocycles. The number of rotatable bonds is 4. The molecule has 0 aliphatic heterocycles. The second kappa shape index (κ2) is 4.36. The lowest BCUT2D eigenvalue weighted by atomic mass is 10.2. The van der Waals surface area contributed by atoms with E-state index in [-0.39, 0.29) is 0 Å². The van der Waals surface area contributed by atoms with Gasteiger partial charge >= 0.3 is 5.97 Å². The van der Waals surface area contributed by atoms with Crippen LogP contribution < -0.4 is 5.32 Å². The van der Waals surface area contributed by atoms with Gasteiger partial charge in [-0.1, -0.05) is 6.92 Å². The molecule has 2 aromatic rings. The van der Waals surface area contributed by atoms with Crippen LogP contribution in [0.4, 0.5) is 5.82 Å². The maximum atomic E-state index is 10.9. The van der Waals surface area contributed by atoms with Gasteiger partial charge in [0, 0.05) is 7.05 Å². The first-order valence-corrected chi connectivity index (χ1v) is 5.25. The van der Waals surface area contributed by atoms with Crippen LogP contribution >= 0.6 is 0 Å². The van der Waals surface area contributed by atoms with E-state index in [1.807, 2.05) is 0 Å². The first-order chi connectivity index (χ1) is 8.13. The van der Waals surface area contributed by atoms with Crippen LogP contribution in [0.2, 0.25) is 0 Å². The van der Waals surface area contributed by atoms with Gasteiger partial charge in [0.15, 0.2) is 5.65 Å². The van der Waals surface area contributed by atoms with Gasteiger partial charge in [0.1, 0.15) is 18.2 Å². The predicted octanol–water partition coefficient (Wildman–Crippen LogP) is 0.638. The maximum Gasteiger partial charge on any atom is 0.326 e. The van der Waals surface area contributed by atoms with Gasteiger partial charge < -0.3 is 10.4 Å². The Bertz CT molecular complexity index is 551. The fourth-order valence-corrected chi connectivity index (χ4v) is 1.58. The summed E-state index contributed by atoms with van der Waals surface area (Å²) in [5.41, 5.74) is 0.669. The summed E-state index contributed by atoms with van der Waals surface area (Å²) < 4.78 is 1.61. The summed E-state index contributed by atoms with van der Waals surface area (Å²) in [6.07, 6.45) is 3.48. The van der Waals surface area contributed by atoms with Crippen molar-refractivity contribution >= 4 is 22.8 Å². The summed E-state index contributed by atoms with van der Waals surface area (Å²) in [6, 6.07) is -0.659. The number of anilines is 1. The van der Waals surface area contributed by atoms with Crippen LogP contribution in [0.25, 0.3) is 11.0 Å². The molecule has 0 fully saturated rings. The molecule has 7 heteroatoms. The first-order valence-electron chi connectivity index (χ1n) is 5.25. The number of hydrogen-bond donors (Lipinski definition) is 2. The third-order valence-electron chi connectivity index (χ3n) is 2.55. The highest BCUT2D eigenvalue weighted by Crippen LogP contribution is 2.18. The van der Waals surface area contributed by atoms with Crippen LogP contribution in [0.5, 0.6) is 0 Å². The van der Waals surface area contributed by atoms with Gasteiger partial charge in [0.2, 0.25) is 0 Å². The highest BCUT2D eigenvalue weighted by molar-refractivity contribution is 5.88. The number of fused-ring (bicyclic) bond motifs is 1. The van der Waals surface area contributed by atoms with E-state index < -0.39 is 12.0 Å². The average Bonchev–Trinajstić information content (AvgIpc) is 2.69. The fourth-order valence-electron chi connectivity index (χ4n) is 1.58. The Balaban J connectivity index is 2.38. The van der Waals surface area contributed by atoms with Crippen LogP contribution in [-0.4, -0.2) is 36.9 Å². The first kappa shape index (κ1) is 11.3. The molecule has 0 radical (unpaired) electrons. The molecule has 0 amide bonds. The van der Waals surface area contributed by atoms with Gasteiger partial charge in [0.25, 0.3) is 0 Å². The molecule has 0 saturated carbocycles. The molecule has 0 spiro atoms. The summed E-state index contributed by atoms with van der Waals surface area (Å²) in [5, 5.41) is 16.6. The molecule has 7 nitrogen and oxygen atoms in total. The lowest BCUT2D eigenvalue weighted by molar-refractivity contribution is -0.137. The second-order valence-electron chi connectivity index (χ2n) is 3.67. The van der Waals surface area contributed by atoms with E-state index in [2.05, 4.69) is 20.4 Å². The third-order valence-corrected chi connectivity index (χ3v) is 2.55. The Kier molecular flexibility index (Phi) is 2.90. The van der Waals surface area contributed by atoms with E-state index in [0.29, 0.717) is 17.9 Å². The standard InChI is InChI=1S/C10H13N5O2/c1-3-7(10(16)17)14-8-6-4-13-15(2)9(6)12-5-11-8/h4-5,7H,3H2,1-2H3,(H,16,17)(H,11,12,14). The molecule has 2 N–H and O–H groups in total. The molecule has 0 aliphatic carbocycles. The summed E-state index contributed by atoms with van der Waals surface area (Å²) in [6.45, 7) is 1.80. The highest BCUT2D eigenvalue weighted by atomic mass is 16.4. The minimum atomic E-state index is -0.900. The number of nitrogens with zero attached hydrogens (tertiary/aromatic N) is 4. The van der Waals surface area contributed by atoms with E-state index in [1.165, 1.54) is 6.33 Å². The quantitative estimate of drug-likeness (QED) is 0.807. The van der Waals surface area contributed by atoms with Crippen molar-refractivity contribution in [3.63, 3.8) is 0 Å². The van der Waals surface area contributed by atoms with Crippen LogP contribution in [0.1, 0.15) is 13.3 Å². The molecule has 2 aromatic heterocycles. The molecule has 90 valence electrons. The molecule has 0 aliphatic rings. The topological polar surface area (TPSA) is 92.9 Å². The van der Waals surface area contributed by atoms with E-state index in [4.69, 9.17) is 5.11 Å². The van der Waals surface area contributed by atoms with Crippen LogP contribution in [0.3, 0.4) is 0 Å². The zero-order chi connectivity index (χ0) is 12.4. The molecule has 0 saturated heterocycles. The number of carbonyl (C=O) groups is 1. The van der Waals surface area contributed by atoms with Crippen LogP contribution in [0, 0.1) is 0 Å².